The van der Waals surface area contributed by atoms with E-state index in [0.29, 0.717) is 12.8 Å². The Kier molecular flexibility index (Phi) is 10.2. The number of ketones is 1. The normalized spacial score (nSPS) is 10.9. The van der Waals surface area contributed by atoms with E-state index in [1.807, 2.05) is 6.92 Å². The maximum atomic E-state index is 12.6. The predicted molar refractivity (Wildman–Crippen MR) is 84.3 cm³/mol. The summed E-state index contributed by atoms with van der Waals surface area (Å²) in [5.41, 5.74) is -1.83. The molecule has 0 saturated carbocycles. The van der Waals surface area contributed by atoms with Crippen LogP contribution in [-0.4, -0.2) is 30.9 Å². The number of hydrogen-bond donors (Lipinski definition) is 0. The lowest BCUT2D eigenvalue weighted by atomic mass is 9.76. The van der Waals surface area contributed by atoms with Gasteiger partial charge in [-0.1, -0.05) is 32.3 Å². The number of unbranched alkanes of at least 4 members (excludes halogenated alkanes) is 2. The second-order valence-electron chi connectivity index (χ2n) is 5.05. The second kappa shape index (κ2) is 11.0. The maximum absolute atomic E-state index is 12.6. The molecule has 0 fully saturated rings. The molecule has 0 heterocycles. The van der Waals surface area contributed by atoms with Crippen LogP contribution < -0.4 is 0 Å². The molecule has 0 aromatic carbocycles. The first-order chi connectivity index (χ1) is 10.5. The number of ether oxygens (including phenoxy) is 2. The van der Waals surface area contributed by atoms with Crippen LogP contribution in [0.25, 0.3) is 0 Å². The third-order valence-corrected chi connectivity index (χ3v) is 3.45. The molecule has 0 aromatic rings. The van der Waals surface area contributed by atoms with Gasteiger partial charge in [0.2, 0.25) is 5.41 Å². The van der Waals surface area contributed by atoms with Gasteiger partial charge in [-0.25, -0.2) is 0 Å². The number of hydrogen-bond acceptors (Lipinski definition) is 5. The van der Waals surface area contributed by atoms with Gasteiger partial charge in [0, 0.05) is 6.42 Å². The molecule has 22 heavy (non-hydrogen) atoms. The number of Topliss-reactive ketones (excluding diaryl/α,β-unsaturated/α-hetero) is 1. The Bertz CT molecular complexity index is 369. The number of carbonyl (C=O) groups excluding carboxylic acids is 3. The summed E-state index contributed by atoms with van der Waals surface area (Å²) in [5.74, 6) is -2.03. The summed E-state index contributed by atoms with van der Waals surface area (Å²) in [4.78, 5) is 37.4. The lowest BCUT2D eigenvalue weighted by Crippen LogP contribution is -2.48. The van der Waals surface area contributed by atoms with E-state index in [1.165, 1.54) is 0 Å². The molecule has 0 rings (SSSR count). The summed E-state index contributed by atoms with van der Waals surface area (Å²) in [6.45, 7) is 9.10. The number of rotatable bonds is 12. The SMILES string of the molecule is C=CCCC(=O)C(CCCCC)(C(=O)OCC)C(=O)OCC. The van der Waals surface area contributed by atoms with Crippen LogP contribution in [0.1, 0.15) is 59.3 Å². The van der Waals surface area contributed by atoms with Gasteiger partial charge >= 0.3 is 11.9 Å². The fourth-order valence-corrected chi connectivity index (χ4v) is 2.25. The van der Waals surface area contributed by atoms with Crippen molar-refractivity contribution in [2.75, 3.05) is 13.2 Å². The number of carbonyl (C=O) groups is 3. The molecule has 0 atom stereocenters. The zero-order chi connectivity index (χ0) is 17.0. The van der Waals surface area contributed by atoms with Crippen molar-refractivity contribution in [1.82, 2.24) is 0 Å². The summed E-state index contributed by atoms with van der Waals surface area (Å²) in [6, 6.07) is 0. The molecular weight excluding hydrogens is 284 g/mol. The van der Waals surface area contributed by atoms with E-state index in [1.54, 1.807) is 19.9 Å². The Labute approximate surface area is 133 Å². The fraction of sp³-hybridized carbons (Fsp3) is 0.706. The summed E-state index contributed by atoms with van der Waals surface area (Å²) >= 11 is 0. The first kappa shape index (κ1) is 20.3. The van der Waals surface area contributed by atoms with Crippen LogP contribution in [0.15, 0.2) is 12.7 Å². The van der Waals surface area contributed by atoms with Crippen molar-refractivity contribution in [2.45, 2.75) is 59.3 Å². The van der Waals surface area contributed by atoms with E-state index in [9.17, 15) is 14.4 Å². The zero-order valence-corrected chi connectivity index (χ0v) is 14.0. The molecule has 0 bridgehead atoms. The summed E-state index contributed by atoms with van der Waals surface area (Å²) in [7, 11) is 0. The average Bonchev–Trinajstić information content (AvgIpc) is 2.49. The van der Waals surface area contributed by atoms with E-state index >= 15 is 0 Å². The standard InChI is InChI=1S/C17H28O5/c1-5-9-11-13-17(15(19)21-7-3,16(20)22-8-4)14(18)12-10-6-2/h6H,2,5,7-13H2,1,3-4H3. The van der Waals surface area contributed by atoms with Crippen molar-refractivity contribution in [3.05, 3.63) is 12.7 Å². The molecule has 0 aliphatic heterocycles. The first-order valence-corrected chi connectivity index (χ1v) is 7.99. The molecule has 5 heteroatoms. The minimum Gasteiger partial charge on any atom is -0.465 e. The molecule has 0 unspecified atom stereocenters. The van der Waals surface area contributed by atoms with Gasteiger partial charge in [-0.2, -0.15) is 0 Å². The van der Waals surface area contributed by atoms with Gasteiger partial charge < -0.3 is 9.47 Å². The minimum absolute atomic E-state index is 0.0766. The van der Waals surface area contributed by atoms with Crippen LogP contribution in [0.2, 0.25) is 0 Å². The molecule has 126 valence electrons. The predicted octanol–water partition coefficient (Wildman–Crippen LogP) is 3.21. The molecular formula is C17H28O5. The Hall–Kier alpha value is -1.65. The Balaban J connectivity index is 5.55. The van der Waals surface area contributed by atoms with Crippen molar-refractivity contribution < 1.29 is 23.9 Å². The highest BCUT2D eigenvalue weighted by Gasteiger charge is 2.54. The maximum Gasteiger partial charge on any atom is 0.331 e. The van der Waals surface area contributed by atoms with Crippen molar-refractivity contribution in [3.63, 3.8) is 0 Å². The highest BCUT2D eigenvalue weighted by molar-refractivity contribution is 6.20. The molecule has 0 aliphatic rings. The van der Waals surface area contributed by atoms with E-state index in [4.69, 9.17) is 9.47 Å². The molecule has 0 saturated heterocycles. The number of allylic oxidation sites excluding steroid dienone is 1. The average molecular weight is 312 g/mol. The summed E-state index contributed by atoms with van der Waals surface area (Å²) in [5, 5.41) is 0. The topological polar surface area (TPSA) is 69.7 Å². The Morgan fingerprint density at radius 3 is 1.95 bits per heavy atom. The minimum atomic E-state index is -1.83. The quantitative estimate of drug-likeness (QED) is 0.239. The Morgan fingerprint density at radius 2 is 1.55 bits per heavy atom. The third-order valence-electron chi connectivity index (χ3n) is 3.45. The molecule has 0 amide bonds. The van der Waals surface area contributed by atoms with E-state index in [2.05, 4.69) is 6.58 Å². The smallest absolute Gasteiger partial charge is 0.331 e. The number of esters is 2. The molecule has 0 N–H and O–H groups in total. The van der Waals surface area contributed by atoms with Gasteiger partial charge in [0.25, 0.3) is 0 Å². The monoisotopic (exact) mass is 312 g/mol. The molecule has 0 spiro atoms. The van der Waals surface area contributed by atoms with Crippen molar-refractivity contribution in [1.29, 1.82) is 0 Å². The van der Waals surface area contributed by atoms with Crippen LogP contribution in [-0.2, 0) is 23.9 Å². The van der Waals surface area contributed by atoms with Crippen molar-refractivity contribution >= 4 is 17.7 Å². The zero-order valence-electron chi connectivity index (χ0n) is 14.0. The first-order valence-electron chi connectivity index (χ1n) is 7.99. The molecule has 5 nitrogen and oxygen atoms in total. The third kappa shape index (κ3) is 5.28. The van der Waals surface area contributed by atoms with Crippen LogP contribution >= 0.6 is 0 Å². The van der Waals surface area contributed by atoms with Gasteiger partial charge in [-0.15, -0.1) is 6.58 Å². The van der Waals surface area contributed by atoms with Crippen LogP contribution in [0.3, 0.4) is 0 Å². The van der Waals surface area contributed by atoms with Gasteiger partial charge in [0.15, 0.2) is 5.78 Å². The van der Waals surface area contributed by atoms with Crippen LogP contribution in [0.4, 0.5) is 0 Å². The Morgan fingerprint density at radius 1 is 1.00 bits per heavy atom. The van der Waals surface area contributed by atoms with Gasteiger partial charge in [0.1, 0.15) is 0 Å². The van der Waals surface area contributed by atoms with E-state index < -0.39 is 23.1 Å². The van der Waals surface area contributed by atoms with Gasteiger partial charge in [-0.05, 0) is 26.7 Å². The van der Waals surface area contributed by atoms with E-state index in [-0.39, 0.29) is 26.1 Å². The van der Waals surface area contributed by atoms with Gasteiger partial charge in [0.05, 0.1) is 13.2 Å². The summed E-state index contributed by atoms with van der Waals surface area (Å²) < 4.78 is 10.0. The van der Waals surface area contributed by atoms with Crippen molar-refractivity contribution in [3.8, 4) is 0 Å². The van der Waals surface area contributed by atoms with E-state index in [0.717, 1.165) is 12.8 Å². The van der Waals surface area contributed by atoms with Crippen LogP contribution in [0, 0.1) is 5.41 Å². The fourth-order valence-electron chi connectivity index (χ4n) is 2.25. The second-order valence-corrected chi connectivity index (χ2v) is 5.05. The molecule has 0 aromatic heterocycles. The molecule has 0 aliphatic carbocycles. The highest BCUT2D eigenvalue weighted by atomic mass is 16.6. The summed E-state index contributed by atoms with van der Waals surface area (Å²) in [6.07, 6.45) is 4.55. The van der Waals surface area contributed by atoms with Gasteiger partial charge in [-0.3, -0.25) is 14.4 Å². The van der Waals surface area contributed by atoms with Crippen LogP contribution in [0.5, 0.6) is 0 Å². The highest BCUT2D eigenvalue weighted by Crippen LogP contribution is 2.32. The largest absolute Gasteiger partial charge is 0.465 e. The van der Waals surface area contributed by atoms with Crippen molar-refractivity contribution in [2.24, 2.45) is 5.41 Å². The molecule has 0 radical (unpaired) electrons. The lowest BCUT2D eigenvalue weighted by molar-refractivity contribution is -0.175. The lowest BCUT2D eigenvalue weighted by Gasteiger charge is -2.27.